The summed E-state index contributed by atoms with van der Waals surface area (Å²) in [6, 6.07) is 11.3. The highest BCUT2D eigenvalue weighted by Gasteiger charge is 2.26. The van der Waals surface area contributed by atoms with Gasteiger partial charge < -0.3 is 9.84 Å². The Balaban J connectivity index is 2.13. The molecule has 0 saturated heterocycles. The molecule has 0 radical (unpaired) electrons. The van der Waals surface area contributed by atoms with Crippen molar-refractivity contribution in [2.45, 2.75) is 39.5 Å². The number of phenols is 1. The zero-order valence-corrected chi connectivity index (χ0v) is 14.5. The third-order valence-electron chi connectivity index (χ3n) is 4.35. The smallest absolute Gasteiger partial charge is 0.344 e. The molecule has 1 heterocycles. The number of ether oxygens (including phenoxy) is 1. The highest BCUT2D eigenvalue weighted by molar-refractivity contribution is 6.05. The van der Waals surface area contributed by atoms with Crippen LogP contribution >= 0.6 is 0 Å². The lowest BCUT2D eigenvalue weighted by Crippen LogP contribution is -1.97. The van der Waals surface area contributed by atoms with Gasteiger partial charge in [-0.15, -0.1) is 0 Å². The van der Waals surface area contributed by atoms with Gasteiger partial charge in [-0.25, -0.2) is 4.79 Å². The van der Waals surface area contributed by atoms with Crippen LogP contribution in [0.2, 0.25) is 0 Å². The van der Waals surface area contributed by atoms with Gasteiger partial charge in [0.05, 0.1) is 5.56 Å². The predicted molar refractivity (Wildman–Crippen MR) is 96.0 cm³/mol. The Kier molecular flexibility index (Phi) is 4.18. The highest BCUT2D eigenvalue weighted by Crippen LogP contribution is 2.37. The summed E-state index contributed by atoms with van der Waals surface area (Å²) in [6.07, 6.45) is 1.88. The van der Waals surface area contributed by atoms with Gasteiger partial charge in [0.1, 0.15) is 11.5 Å². The first kappa shape index (κ1) is 16.3. The number of esters is 1. The standard InChI is InChI=1S/C21H22O3/c1-12(2)17-9-14(10-18(13(3)4)20(17)22)11-19-15-7-5-6-8-16(15)21(23)24-19/h5-13,22H,1-4H3/b19-11-. The van der Waals surface area contributed by atoms with Gasteiger partial charge in [0, 0.05) is 5.56 Å². The molecule has 0 spiro atoms. The topological polar surface area (TPSA) is 46.5 Å². The molecular weight excluding hydrogens is 300 g/mol. The van der Waals surface area contributed by atoms with Crippen molar-refractivity contribution in [2.75, 3.05) is 0 Å². The largest absolute Gasteiger partial charge is 0.507 e. The van der Waals surface area contributed by atoms with Crippen LogP contribution in [-0.2, 0) is 4.74 Å². The van der Waals surface area contributed by atoms with E-state index in [1.165, 1.54) is 0 Å². The minimum Gasteiger partial charge on any atom is -0.507 e. The van der Waals surface area contributed by atoms with Gasteiger partial charge in [-0.3, -0.25) is 0 Å². The molecule has 0 unspecified atom stereocenters. The SMILES string of the molecule is CC(C)c1cc(/C=C2\OC(=O)c3ccccc32)cc(C(C)C)c1O. The Labute approximate surface area is 142 Å². The first-order valence-electron chi connectivity index (χ1n) is 8.28. The van der Waals surface area contributed by atoms with Crippen LogP contribution in [0.4, 0.5) is 0 Å². The predicted octanol–water partition coefficient (Wildman–Crippen LogP) is 5.31. The van der Waals surface area contributed by atoms with Gasteiger partial charge in [0.25, 0.3) is 0 Å². The number of fused-ring (bicyclic) bond motifs is 1. The van der Waals surface area contributed by atoms with E-state index < -0.39 is 0 Å². The van der Waals surface area contributed by atoms with Crippen molar-refractivity contribution in [3.05, 3.63) is 64.2 Å². The van der Waals surface area contributed by atoms with Gasteiger partial charge in [-0.2, -0.15) is 0 Å². The Morgan fingerprint density at radius 3 is 2.04 bits per heavy atom. The number of carbonyl (C=O) groups excluding carboxylic acids is 1. The number of carbonyl (C=O) groups is 1. The fraction of sp³-hybridized carbons (Fsp3) is 0.286. The number of cyclic esters (lactones) is 1. The third kappa shape index (κ3) is 2.82. The molecule has 0 aromatic heterocycles. The van der Waals surface area contributed by atoms with E-state index in [1.807, 2.05) is 36.4 Å². The van der Waals surface area contributed by atoms with Crippen LogP contribution < -0.4 is 0 Å². The summed E-state index contributed by atoms with van der Waals surface area (Å²) in [4.78, 5) is 12.0. The molecule has 1 aliphatic heterocycles. The molecule has 0 atom stereocenters. The molecule has 3 nitrogen and oxygen atoms in total. The molecule has 2 aromatic carbocycles. The van der Waals surface area contributed by atoms with E-state index in [9.17, 15) is 9.90 Å². The molecule has 124 valence electrons. The van der Waals surface area contributed by atoms with E-state index in [0.29, 0.717) is 17.1 Å². The number of benzene rings is 2. The van der Waals surface area contributed by atoms with Crippen molar-refractivity contribution >= 4 is 17.8 Å². The average Bonchev–Trinajstić information content (AvgIpc) is 2.85. The number of hydrogen-bond donors (Lipinski definition) is 1. The van der Waals surface area contributed by atoms with Crippen LogP contribution in [0, 0.1) is 0 Å². The van der Waals surface area contributed by atoms with Crippen molar-refractivity contribution in [1.82, 2.24) is 0 Å². The van der Waals surface area contributed by atoms with Crippen LogP contribution in [0.3, 0.4) is 0 Å². The molecule has 3 heteroatoms. The summed E-state index contributed by atoms with van der Waals surface area (Å²) >= 11 is 0. The van der Waals surface area contributed by atoms with E-state index in [4.69, 9.17) is 4.74 Å². The molecule has 3 rings (SSSR count). The van der Waals surface area contributed by atoms with Gasteiger partial charge in [-0.1, -0.05) is 45.9 Å². The minimum absolute atomic E-state index is 0.208. The number of hydrogen-bond acceptors (Lipinski definition) is 3. The van der Waals surface area contributed by atoms with Crippen molar-refractivity contribution in [3.63, 3.8) is 0 Å². The fourth-order valence-corrected chi connectivity index (χ4v) is 3.01. The lowest BCUT2D eigenvalue weighted by molar-refractivity contribution is 0.0717. The molecule has 2 aromatic rings. The first-order chi connectivity index (χ1) is 11.4. The molecule has 0 fully saturated rings. The van der Waals surface area contributed by atoms with Crippen LogP contribution in [-0.4, -0.2) is 11.1 Å². The number of aromatic hydroxyl groups is 1. The van der Waals surface area contributed by atoms with Crippen molar-refractivity contribution in [3.8, 4) is 5.75 Å². The third-order valence-corrected chi connectivity index (χ3v) is 4.35. The summed E-state index contributed by atoms with van der Waals surface area (Å²) in [5.74, 6) is 1.03. The maximum Gasteiger partial charge on any atom is 0.344 e. The van der Waals surface area contributed by atoms with Crippen LogP contribution in [0.1, 0.15) is 72.1 Å². The summed E-state index contributed by atoms with van der Waals surface area (Å²) in [7, 11) is 0. The molecule has 0 saturated carbocycles. The van der Waals surface area contributed by atoms with Crippen molar-refractivity contribution in [2.24, 2.45) is 0 Å². The monoisotopic (exact) mass is 322 g/mol. The zero-order chi connectivity index (χ0) is 17.4. The summed E-state index contributed by atoms with van der Waals surface area (Å²) in [5.41, 5.74) is 4.15. The second kappa shape index (κ2) is 6.16. The maximum atomic E-state index is 12.0. The fourth-order valence-electron chi connectivity index (χ4n) is 3.01. The maximum absolute atomic E-state index is 12.0. The second-order valence-corrected chi connectivity index (χ2v) is 6.80. The molecule has 0 amide bonds. The molecule has 1 aliphatic rings. The highest BCUT2D eigenvalue weighted by atomic mass is 16.5. The van der Waals surface area contributed by atoms with E-state index in [1.54, 1.807) is 6.07 Å². The summed E-state index contributed by atoms with van der Waals surface area (Å²) in [6.45, 7) is 8.23. The lowest BCUT2D eigenvalue weighted by Gasteiger charge is -2.16. The first-order valence-corrected chi connectivity index (χ1v) is 8.28. The minimum atomic E-state index is -0.316. The lowest BCUT2D eigenvalue weighted by atomic mass is 9.91. The van der Waals surface area contributed by atoms with Crippen LogP contribution in [0.25, 0.3) is 11.8 Å². The Bertz CT molecular complexity index is 800. The molecule has 24 heavy (non-hydrogen) atoms. The molecular formula is C21H22O3. The molecule has 0 aliphatic carbocycles. The van der Waals surface area contributed by atoms with Gasteiger partial charge in [0.15, 0.2) is 0 Å². The van der Waals surface area contributed by atoms with Gasteiger partial charge in [0.2, 0.25) is 0 Å². The van der Waals surface area contributed by atoms with Crippen LogP contribution in [0.5, 0.6) is 5.75 Å². The Morgan fingerprint density at radius 2 is 1.50 bits per heavy atom. The molecule has 0 bridgehead atoms. The van der Waals surface area contributed by atoms with E-state index in [-0.39, 0.29) is 17.8 Å². The summed E-state index contributed by atoms with van der Waals surface area (Å²) in [5, 5.41) is 10.5. The van der Waals surface area contributed by atoms with Crippen molar-refractivity contribution < 1.29 is 14.6 Å². The quantitative estimate of drug-likeness (QED) is 0.779. The number of rotatable bonds is 3. The Hall–Kier alpha value is -2.55. The van der Waals surface area contributed by atoms with E-state index in [0.717, 1.165) is 22.3 Å². The van der Waals surface area contributed by atoms with Crippen LogP contribution in [0.15, 0.2) is 36.4 Å². The van der Waals surface area contributed by atoms with E-state index in [2.05, 4.69) is 27.7 Å². The normalized spacial score (nSPS) is 15.2. The Morgan fingerprint density at radius 1 is 0.958 bits per heavy atom. The second-order valence-electron chi connectivity index (χ2n) is 6.80. The van der Waals surface area contributed by atoms with E-state index >= 15 is 0 Å². The average molecular weight is 322 g/mol. The zero-order valence-electron chi connectivity index (χ0n) is 14.5. The van der Waals surface area contributed by atoms with Gasteiger partial charge in [-0.05, 0) is 52.8 Å². The molecule has 1 N–H and O–H groups in total. The van der Waals surface area contributed by atoms with Gasteiger partial charge >= 0.3 is 5.97 Å². The number of phenolic OH excluding ortho intramolecular Hbond substituents is 1. The summed E-state index contributed by atoms with van der Waals surface area (Å²) < 4.78 is 5.43. The van der Waals surface area contributed by atoms with Crippen molar-refractivity contribution in [1.29, 1.82) is 0 Å².